The summed E-state index contributed by atoms with van der Waals surface area (Å²) in [5, 5.41) is 5.36. The first-order valence-electron chi connectivity index (χ1n) is 8.71. The minimum absolute atomic E-state index is 0.161. The minimum atomic E-state index is -0.335. The van der Waals surface area contributed by atoms with Gasteiger partial charge in [0, 0.05) is 28.7 Å². The summed E-state index contributed by atoms with van der Waals surface area (Å²) in [5.41, 5.74) is 1.95. The largest absolute Gasteiger partial charge is 0.337 e. The zero-order chi connectivity index (χ0) is 20.3. The Labute approximate surface area is 173 Å². The summed E-state index contributed by atoms with van der Waals surface area (Å²) in [4.78, 5) is 26.5. The molecular formula is C21H19Cl2N3O2. The van der Waals surface area contributed by atoms with E-state index in [4.69, 9.17) is 23.2 Å². The number of hydrogen-bond donors (Lipinski definition) is 0. The highest BCUT2D eigenvalue weighted by molar-refractivity contribution is 6.35. The van der Waals surface area contributed by atoms with E-state index in [9.17, 15) is 9.59 Å². The standard InChI is InChI=1S/C21H19Cl2N3O2/c1-14(17-9-8-16(22)12-18(17)23)25(2)21(28)13-26-20(27)11-10-19(24-26)15-6-4-3-5-7-15/h3-12,14H,13H2,1-2H3. The molecule has 7 heteroatoms. The third-order valence-electron chi connectivity index (χ3n) is 4.61. The van der Waals surface area contributed by atoms with Crippen molar-refractivity contribution < 1.29 is 4.79 Å². The molecule has 3 aromatic rings. The number of halogens is 2. The van der Waals surface area contributed by atoms with Crippen LogP contribution in [0.5, 0.6) is 0 Å². The Morgan fingerprint density at radius 3 is 2.50 bits per heavy atom. The monoisotopic (exact) mass is 415 g/mol. The smallest absolute Gasteiger partial charge is 0.267 e. The maximum Gasteiger partial charge on any atom is 0.267 e. The molecule has 0 N–H and O–H groups in total. The molecule has 144 valence electrons. The van der Waals surface area contributed by atoms with Crippen LogP contribution >= 0.6 is 23.2 Å². The van der Waals surface area contributed by atoms with Crippen molar-refractivity contribution in [3.63, 3.8) is 0 Å². The fourth-order valence-electron chi connectivity index (χ4n) is 2.83. The molecule has 1 unspecified atom stereocenters. The zero-order valence-electron chi connectivity index (χ0n) is 15.5. The van der Waals surface area contributed by atoms with Crippen molar-refractivity contribution in [2.45, 2.75) is 19.5 Å². The number of carbonyl (C=O) groups is 1. The van der Waals surface area contributed by atoms with Crippen molar-refractivity contribution in [2.24, 2.45) is 0 Å². The van der Waals surface area contributed by atoms with E-state index >= 15 is 0 Å². The second-order valence-electron chi connectivity index (χ2n) is 6.43. The molecule has 0 aliphatic heterocycles. The lowest BCUT2D eigenvalue weighted by Crippen LogP contribution is -2.36. The first-order chi connectivity index (χ1) is 13.4. The van der Waals surface area contributed by atoms with Gasteiger partial charge in [-0.05, 0) is 30.7 Å². The van der Waals surface area contributed by atoms with Crippen LogP contribution in [-0.2, 0) is 11.3 Å². The predicted molar refractivity (Wildman–Crippen MR) is 112 cm³/mol. The summed E-state index contributed by atoms with van der Waals surface area (Å²) < 4.78 is 1.18. The van der Waals surface area contributed by atoms with E-state index in [1.807, 2.05) is 37.3 Å². The molecule has 0 saturated carbocycles. The topological polar surface area (TPSA) is 55.2 Å². The Morgan fingerprint density at radius 2 is 1.82 bits per heavy atom. The van der Waals surface area contributed by atoms with Gasteiger partial charge in [0.1, 0.15) is 6.54 Å². The van der Waals surface area contributed by atoms with Crippen molar-refractivity contribution in [3.05, 3.63) is 86.6 Å². The molecule has 0 radical (unpaired) electrons. The zero-order valence-corrected chi connectivity index (χ0v) is 17.0. The molecule has 0 aliphatic rings. The summed E-state index contributed by atoms with van der Waals surface area (Å²) in [6, 6.07) is 17.4. The van der Waals surface area contributed by atoms with Crippen LogP contribution in [0.25, 0.3) is 11.3 Å². The highest BCUT2D eigenvalue weighted by Gasteiger charge is 2.20. The van der Waals surface area contributed by atoms with Gasteiger partial charge in [0.15, 0.2) is 0 Å². The van der Waals surface area contributed by atoms with Crippen molar-refractivity contribution >= 4 is 29.1 Å². The number of hydrogen-bond acceptors (Lipinski definition) is 3. The van der Waals surface area contributed by atoms with E-state index in [0.29, 0.717) is 15.7 Å². The van der Waals surface area contributed by atoms with Crippen LogP contribution in [0.3, 0.4) is 0 Å². The summed E-state index contributed by atoms with van der Waals surface area (Å²) in [5.74, 6) is -0.252. The Kier molecular flexibility index (Phi) is 6.17. The molecule has 0 bridgehead atoms. The fourth-order valence-corrected chi connectivity index (χ4v) is 3.40. The Morgan fingerprint density at radius 1 is 1.11 bits per heavy atom. The van der Waals surface area contributed by atoms with Crippen LogP contribution in [0.15, 0.2) is 65.5 Å². The van der Waals surface area contributed by atoms with Gasteiger partial charge in [-0.2, -0.15) is 5.10 Å². The van der Waals surface area contributed by atoms with Gasteiger partial charge in [0.25, 0.3) is 5.56 Å². The van der Waals surface area contributed by atoms with Crippen LogP contribution in [0.1, 0.15) is 18.5 Å². The molecule has 0 fully saturated rings. The number of amides is 1. The summed E-state index contributed by atoms with van der Waals surface area (Å²) >= 11 is 12.2. The Balaban J connectivity index is 1.81. The van der Waals surface area contributed by atoms with Crippen LogP contribution in [0.4, 0.5) is 0 Å². The molecule has 0 saturated heterocycles. The van der Waals surface area contributed by atoms with Gasteiger partial charge in [-0.15, -0.1) is 0 Å². The Bertz CT molecular complexity index is 1050. The van der Waals surface area contributed by atoms with Gasteiger partial charge in [0.05, 0.1) is 11.7 Å². The van der Waals surface area contributed by atoms with E-state index < -0.39 is 0 Å². The van der Waals surface area contributed by atoms with Crippen LogP contribution in [-0.4, -0.2) is 27.6 Å². The second-order valence-corrected chi connectivity index (χ2v) is 7.27. The fraction of sp³-hybridized carbons (Fsp3) is 0.190. The number of rotatable bonds is 5. The molecular weight excluding hydrogens is 397 g/mol. The number of carbonyl (C=O) groups excluding carboxylic acids is 1. The molecule has 1 aromatic heterocycles. The van der Waals surface area contributed by atoms with Crippen molar-refractivity contribution in [2.75, 3.05) is 7.05 Å². The van der Waals surface area contributed by atoms with Crippen molar-refractivity contribution in [1.82, 2.24) is 14.7 Å². The summed E-state index contributed by atoms with van der Waals surface area (Å²) in [6.07, 6.45) is 0. The molecule has 28 heavy (non-hydrogen) atoms. The van der Waals surface area contributed by atoms with Gasteiger partial charge in [-0.1, -0.05) is 59.6 Å². The van der Waals surface area contributed by atoms with Gasteiger partial charge >= 0.3 is 0 Å². The van der Waals surface area contributed by atoms with E-state index in [1.165, 1.54) is 10.7 Å². The highest BCUT2D eigenvalue weighted by Crippen LogP contribution is 2.29. The van der Waals surface area contributed by atoms with Crippen molar-refractivity contribution in [1.29, 1.82) is 0 Å². The minimum Gasteiger partial charge on any atom is -0.337 e. The molecule has 1 atom stereocenters. The van der Waals surface area contributed by atoms with Gasteiger partial charge in [0.2, 0.25) is 5.91 Å². The molecule has 2 aromatic carbocycles. The first-order valence-corrected chi connectivity index (χ1v) is 9.46. The third kappa shape index (κ3) is 4.43. The lowest BCUT2D eigenvalue weighted by Gasteiger charge is -2.26. The quantitative estimate of drug-likeness (QED) is 0.618. The van der Waals surface area contributed by atoms with E-state index in [2.05, 4.69) is 5.10 Å². The maximum absolute atomic E-state index is 12.8. The maximum atomic E-state index is 12.8. The number of nitrogens with zero attached hydrogens (tertiary/aromatic N) is 3. The lowest BCUT2D eigenvalue weighted by atomic mass is 10.1. The summed E-state index contributed by atoms with van der Waals surface area (Å²) in [6.45, 7) is 1.70. The third-order valence-corrected chi connectivity index (χ3v) is 5.17. The van der Waals surface area contributed by atoms with E-state index in [-0.39, 0.29) is 24.1 Å². The molecule has 1 heterocycles. The second kappa shape index (κ2) is 8.59. The number of benzene rings is 2. The first kappa shape index (κ1) is 20.1. The van der Waals surface area contributed by atoms with Crippen molar-refractivity contribution in [3.8, 4) is 11.3 Å². The molecule has 0 spiro atoms. The molecule has 0 aliphatic carbocycles. The average molecular weight is 416 g/mol. The lowest BCUT2D eigenvalue weighted by molar-refractivity contribution is -0.132. The SMILES string of the molecule is CC(c1ccc(Cl)cc1Cl)N(C)C(=O)Cn1nc(-c2ccccc2)ccc1=O. The normalized spacial score (nSPS) is 11.9. The van der Waals surface area contributed by atoms with Crippen LogP contribution in [0, 0.1) is 0 Å². The number of aromatic nitrogens is 2. The highest BCUT2D eigenvalue weighted by atomic mass is 35.5. The van der Waals surface area contributed by atoms with Gasteiger partial charge < -0.3 is 4.90 Å². The van der Waals surface area contributed by atoms with Crippen LogP contribution in [0.2, 0.25) is 10.0 Å². The summed E-state index contributed by atoms with van der Waals surface area (Å²) in [7, 11) is 1.67. The van der Waals surface area contributed by atoms with Gasteiger partial charge in [-0.25, -0.2) is 4.68 Å². The molecule has 5 nitrogen and oxygen atoms in total. The van der Waals surface area contributed by atoms with E-state index in [0.717, 1.165) is 11.1 Å². The molecule has 3 rings (SSSR count). The Hall–Kier alpha value is -2.63. The average Bonchev–Trinajstić information content (AvgIpc) is 2.69. The predicted octanol–water partition coefficient (Wildman–Crippen LogP) is 4.44. The van der Waals surface area contributed by atoms with Gasteiger partial charge in [-0.3, -0.25) is 9.59 Å². The molecule has 1 amide bonds. The van der Waals surface area contributed by atoms with E-state index in [1.54, 1.807) is 36.2 Å². The number of likely N-dealkylation sites (N-methyl/N-ethyl adjacent to an activating group) is 1. The van der Waals surface area contributed by atoms with Crippen LogP contribution < -0.4 is 5.56 Å².